The van der Waals surface area contributed by atoms with Gasteiger partial charge in [0.1, 0.15) is 0 Å². The van der Waals surface area contributed by atoms with Crippen molar-refractivity contribution >= 4 is 0 Å². The van der Waals surface area contributed by atoms with Crippen molar-refractivity contribution in [2.45, 2.75) is 58.4 Å². The molecule has 2 N–H and O–H groups in total. The summed E-state index contributed by atoms with van der Waals surface area (Å²) in [5.41, 5.74) is 6.14. The van der Waals surface area contributed by atoms with E-state index in [4.69, 9.17) is 10.3 Å². The van der Waals surface area contributed by atoms with Crippen LogP contribution in [0.15, 0.2) is 4.52 Å². The molecule has 3 unspecified atom stereocenters. The van der Waals surface area contributed by atoms with E-state index in [1.165, 1.54) is 25.7 Å². The Labute approximate surface area is 108 Å². The van der Waals surface area contributed by atoms with Gasteiger partial charge >= 0.3 is 0 Å². The quantitative estimate of drug-likeness (QED) is 0.875. The molecule has 0 saturated heterocycles. The number of hydrogen-bond acceptors (Lipinski definition) is 4. The van der Waals surface area contributed by atoms with Gasteiger partial charge in [-0.3, -0.25) is 0 Å². The van der Waals surface area contributed by atoms with Crippen molar-refractivity contribution in [3.63, 3.8) is 0 Å². The molecule has 4 heteroatoms. The minimum atomic E-state index is -0.157. The average molecular weight is 249 g/mol. The van der Waals surface area contributed by atoms with Crippen molar-refractivity contribution in [1.29, 1.82) is 0 Å². The van der Waals surface area contributed by atoms with E-state index in [2.05, 4.69) is 30.9 Å². The van der Waals surface area contributed by atoms with Crippen molar-refractivity contribution in [1.82, 2.24) is 10.1 Å². The van der Waals surface area contributed by atoms with Gasteiger partial charge in [-0.1, -0.05) is 38.8 Å². The van der Waals surface area contributed by atoms with Gasteiger partial charge in [0, 0.05) is 5.92 Å². The molecule has 0 aliphatic heterocycles. The summed E-state index contributed by atoms with van der Waals surface area (Å²) in [6, 6.07) is -0.157. The fraction of sp³-hybridized carbons (Fsp3) is 0.857. The van der Waals surface area contributed by atoms with Crippen molar-refractivity contribution in [3.8, 4) is 0 Å². The Hall–Kier alpha value is -0.900. The summed E-state index contributed by atoms with van der Waals surface area (Å²) in [5.74, 6) is 3.64. The van der Waals surface area contributed by atoms with E-state index in [1.54, 1.807) is 0 Å². The van der Waals surface area contributed by atoms with Gasteiger partial charge in [-0.2, -0.15) is 4.98 Å². The molecule has 2 saturated carbocycles. The molecule has 1 aromatic rings. The van der Waals surface area contributed by atoms with Crippen LogP contribution >= 0.6 is 0 Å². The lowest BCUT2D eigenvalue weighted by molar-refractivity contribution is 0.300. The molecule has 2 aliphatic rings. The van der Waals surface area contributed by atoms with E-state index in [9.17, 15) is 0 Å². The summed E-state index contributed by atoms with van der Waals surface area (Å²) < 4.78 is 5.46. The molecule has 1 aromatic heterocycles. The van der Waals surface area contributed by atoms with Gasteiger partial charge in [0.2, 0.25) is 5.89 Å². The van der Waals surface area contributed by atoms with Crippen LogP contribution in [0.2, 0.25) is 0 Å². The standard InChI is InChI=1S/C14H23N3O/c1-14(2,3)11(15)12-16-13(18-17-12)10-8-6-4-5-7-9(8)10/h8-11H,4-7,15H2,1-3H3. The van der Waals surface area contributed by atoms with Gasteiger partial charge in [-0.15, -0.1) is 0 Å². The van der Waals surface area contributed by atoms with E-state index in [1.807, 2.05) is 0 Å². The fourth-order valence-corrected chi connectivity index (χ4v) is 3.25. The molecule has 0 amide bonds. The van der Waals surface area contributed by atoms with Crippen LogP contribution in [-0.4, -0.2) is 10.1 Å². The molecule has 2 aliphatic carbocycles. The summed E-state index contributed by atoms with van der Waals surface area (Å²) in [5, 5.41) is 4.09. The van der Waals surface area contributed by atoms with Crippen LogP contribution in [-0.2, 0) is 0 Å². The summed E-state index contributed by atoms with van der Waals surface area (Å²) in [6.45, 7) is 6.31. The van der Waals surface area contributed by atoms with Gasteiger partial charge in [0.15, 0.2) is 5.82 Å². The lowest BCUT2D eigenvalue weighted by Crippen LogP contribution is -2.27. The first kappa shape index (κ1) is 12.2. The molecule has 4 nitrogen and oxygen atoms in total. The number of fused-ring (bicyclic) bond motifs is 1. The Morgan fingerprint density at radius 2 is 1.83 bits per heavy atom. The number of nitrogens with zero attached hydrogens (tertiary/aromatic N) is 2. The minimum absolute atomic E-state index is 0.0303. The second kappa shape index (κ2) is 4.05. The van der Waals surface area contributed by atoms with E-state index >= 15 is 0 Å². The fourth-order valence-electron chi connectivity index (χ4n) is 3.25. The molecule has 3 atom stereocenters. The van der Waals surface area contributed by atoms with E-state index in [0.717, 1.165) is 17.7 Å². The van der Waals surface area contributed by atoms with Crippen molar-refractivity contribution in [3.05, 3.63) is 11.7 Å². The smallest absolute Gasteiger partial charge is 0.230 e. The molecular formula is C14H23N3O. The molecule has 2 fully saturated rings. The number of rotatable bonds is 2. The summed E-state index contributed by atoms with van der Waals surface area (Å²) in [6.07, 6.45) is 5.39. The maximum atomic E-state index is 6.17. The topological polar surface area (TPSA) is 64.9 Å². The van der Waals surface area contributed by atoms with Crippen LogP contribution in [0, 0.1) is 17.3 Å². The predicted molar refractivity (Wildman–Crippen MR) is 68.9 cm³/mol. The molecule has 0 aromatic carbocycles. The third-order valence-electron chi connectivity index (χ3n) is 4.61. The molecular weight excluding hydrogens is 226 g/mol. The Kier molecular flexibility index (Phi) is 2.73. The van der Waals surface area contributed by atoms with Crippen molar-refractivity contribution in [2.24, 2.45) is 23.0 Å². The van der Waals surface area contributed by atoms with Gasteiger partial charge < -0.3 is 10.3 Å². The second-order valence-corrected chi connectivity index (χ2v) is 6.97. The van der Waals surface area contributed by atoms with Gasteiger partial charge in [0.05, 0.1) is 6.04 Å². The zero-order valence-corrected chi connectivity index (χ0v) is 11.5. The maximum absolute atomic E-state index is 6.17. The van der Waals surface area contributed by atoms with Gasteiger partial charge in [-0.25, -0.2) is 0 Å². The zero-order chi connectivity index (χ0) is 12.9. The Bertz CT molecular complexity index is 422. The number of aromatic nitrogens is 2. The first-order chi connectivity index (χ1) is 8.48. The highest BCUT2D eigenvalue weighted by molar-refractivity contribution is 5.15. The first-order valence-electron chi connectivity index (χ1n) is 7.07. The van der Waals surface area contributed by atoms with Crippen LogP contribution in [0.4, 0.5) is 0 Å². The summed E-state index contributed by atoms with van der Waals surface area (Å²) >= 11 is 0. The largest absolute Gasteiger partial charge is 0.339 e. The highest BCUT2D eigenvalue weighted by atomic mass is 16.5. The third-order valence-corrected chi connectivity index (χ3v) is 4.61. The van der Waals surface area contributed by atoms with E-state index < -0.39 is 0 Å². The van der Waals surface area contributed by atoms with E-state index in [0.29, 0.717) is 11.7 Å². The minimum Gasteiger partial charge on any atom is -0.339 e. The van der Waals surface area contributed by atoms with Crippen molar-refractivity contribution in [2.75, 3.05) is 0 Å². The van der Waals surface area contributed by atoms with Crippen LogP contribution < -0.4 is 5.73 Å². The molecule has 3 rings (SSSR count). The second-order valence-electron chi connectivity index (χ2n) is 6.97. The summed E-state index contributed by atoms with van der Waals surface area (Å²) in [7, 11) is 0. The molecule has 0 radical (unpaired) electrons. The molecule has 18 heavy (non-hydrogen) atoms. The highest BCUT2D eigenvalue weighted by Crippen LogP contribution is 2.60. The SMILES string of the molecule is CC(C)(C)C(N)c1noc(C2C3CCCCC32)n1. The number of nitrogens with two attached hydrogens (primary N) is 1. The number of hydrogen-bond donors (Lipinski definition) is 1. The van der Waals surface area contributed by atoms with E-state index in [-0.39, 0.29) is 11.5 Å². The van der Waals surface area contributed by atoms with Crippen LogP contribution in [0.5, 0.6) is 0 Å². The van der Waals surface area contributed by atoms with Crippen LogP contribution in [0.3, 0.4) is 0 Å². The molecule has 0 spiro atoms. The first-order valence-corrected chi connectivity index (χ1v) is 7.07. The summed E-state index contributed by atoms with van der Waals surface area (Å²) in [4.78, 5) is 4.56. The average Bonchev–Trinajstić information content (AvgIpc) is 2.85. The Morgan fingerprint density at radius 1 is 1.22 bits per heavy atom. The Balaban J connectivity index is 1.75. The highest BCUT2D eigenvalue weighted by Gasteiger charge is 2.54. The van der Waals surface area contributed by atoms with Crippen molar-refractivity contribution < 1.29 is 4.52 Å². The lowest BCUT2D eigenvalue weighted by atomic mass is 9.87. The third kappa shape index (κ3) is 1.96. The predicted octanol–water partition coefficient (Wildman–Crippen LogP) is 3.02. The van der Waals surface area contributed by atoms with Gasteiger partial charge in [-0.05, 0) is 30.1 Å². The van der Waals surface area contributed by atoms with Crippen LogP contribution in [0.1, 0.15) is 70.1 Å². The normalized spacial score (nSPS) is 33.0. The Morgan fingerprint density at radius 3 is 2.39 bits per heavy atom. The molecule has 100 valence electrons. The maximum Gasteiger partial charge on any atom is 0.230 e. The molecule has 1 heterocycles. The molecule has 0 bridgehead atoms. The lowest BCUT2D eigenvalue weighted by Gasteiger charge is -2.23. The zero-order valence-electron chi connectivity index (χ0n) is 11.5. The monoisotopic (exact) mass is 249 g/mol. The van der Waals surface area contributed by atoms with Crippen LogP contribution in [0.25, 0.3) is 0 Å². The van der Waals surface area contributed by atoms with Gasteiger partial charge in [0.25, 0.3) is 0 Å².